The molecule has 0 radical (unpaired) electrons. The van der Waals surface area contributed by atoms with Crippen molar-refractivity contribution in [2.75, 3.05) is 11.1 Å². The van der Waals surface area contributed by atoms with Gasteiger partial charge in [-0.1, -0.05) is 17.7 Å². The lowest BCUT2D eigenvalue weighted by atomic mass is 10.0. The van der Waals surface area contributed by atoms with Crippen molar-refractivity contribution in [1.29, 1.82) is 0 Å². The number of nitrogens with zero attached hydrogens (tertiary/aromatic N) is 2. The summed E-state index contributed by atoms with van der Waals surface area (Å²) in [7, 11) is 1.81. The molecule has 1 aliphatic rings. The first-order chi connectivity index (χ1) is 9.97. The second kappa shape index (κ2) is 5.27. The van der Waals surface area contributed by atoms with Gasteiger partial charge in [0.2, 0.25) is 5.91 Å². The monoisotopic (exact) mass is 323 g/mol. The minimum Gasteiger partial charge on any atom is -0.506 e. The first-order valence-corrected chi connectivity index (χ1v) is 7.83. The highest BCUT2D eigenvalue weighted by Crippen LogP contribution is 2.44. The van der Waals surface area contributed by atoms with Crippen molar-refractivity contribution in [3.05, 3.63) is 40.0 Å². The number of phenols is 1. The average molecular weight is 324 g/mol. The van der Waals surface area contributed by atoms with E-state index in [0.717, 1.165) is 22.6 Å². The zero-order chi connectivity index (χ0) is 15.1. The maximum atomic E-state index is 11.9. The molecule has 110 valence electrons. The molecule has 0 aliphatic carbocycles. The molecule has 1 aromatic heterocycles. The van der Waals surface area contributed by atoms with Crippen LogP contribution < -0.4 is 5.32 Å². The molecular formula is C14H14ClN3O2S. The third-order valence-corrected chi connectivity index (χ3v) is 5.02. The van der Waals surface area contributed by atoms with Crippen LogP contribution >= 0.6 is 23.4 Å². The van der Waals surface area contributed by atoms with Crippen molar-refractivity contribution in [3.63, 3.8) is 0 Å². The predicted molar refractivity (Wildman–Crippen MR) is 84.0 cm³/mol. The topological polar surface area (TPSA) is 67.1 Å². The Bertz CT molecular complexity index is 729. The standard InChI is InChI=1S/C14H14ClN3O2S/c1-7-12-13(8-3-4-10(19)9(15)5-8)21-6-11(20)16-14(12)18(2)17-7/h3-5,13,19H,6H2,1-2H3,(H,16,20). The number of thioether (sulfide) groups is 1. The van der Waals surface area contributed by atoms with Crippen molar-refractivity contribution in [2.45, 2.75) is 12.2 Å². The van der Waals surface area contributed by atoms with Gasteiger partial charge in [0.25, 0.3) is 0 Å². The van der Waals surface area contributed by atoms with Gasteiger partial charge in [0.1, 0.15) is 11.6 Å². The first-order valence-electron chi connectivity index (χ1n) is 6.40. The number of aromatic hydroxyl groups is 1. The molecule has 2 N–H and O–H groups in total. The number of anilines is 1. The van der Waals surface area contributed by atoms with Crippen LogP contribution in [0.2, 0.25) is 5.02 Å². The molecule has 0 saturated heterocycles. The van der Waals surface area contributed by atoms with Crippen LogP contribution in [-0.2, 0) is 11.8 Å². The summed E-state index contributed by atoms with van der Waals surface area (Å²) < 4.78 is 1.68. The molecule has 1 aromatic carbocycles. The highest BCUT2D eigenvalue weighted by Gasteiger charge is 2.29. The molecule has 0 bridgehead atoms. The van der Waals surface area contributed by atoms with E-state index in [9.17, 15) is 9.90 Å². The van der Waals surface area contributed by atoms with Crippen LogP contribution in [-0.4, -0.2) is 26.5 Å². The predicted octanol–water partition coefficient (Wildman–Crippen LogP) is 2.86. The molecule has 7 heteroatoms. The van der Waals surface area contributed by atoms with Crippen LogP contribution in [0.15, 0.2) is 18.2 Å². The van der Waals surface area contributed by atoms with Gasteiger partial charge in [0.05, 0.1) is 21.7 Å². The Morgan fingerprint density at radius 2 is 2.29 bits per heavy atom. The van der Waals surface area contributed by atoms with Gasteiger partial charge in [-0.25, -0.2) is 0 Å². The lowest BCUT2D eigenvalue weighted by Crippen LogP contribution is -2.15. The molecule has 3 rings (SSSR count). The number of carbonyl (C=O) groups is 1. The molecule has 2 aromatic rings. The summed E-state index contributed by atoms with van der Waals surface area (Å²) in [4.78, 5) is 11.9. The number of carbonyl (C=O) groups excluding carboxylic acids is 1. The first kappa shape index (κ1) is 14.3. The Morgan fingerprint density at radius 3 is 3.00 bits per heavy atom. The fourth-order valence-corrected chi connectivity index (χ4v) is 3.86. The molecule has 21 heavy (non-hydrogen) atoms. The quantitative estimate of drug-likeness (QED) is 0.847. The number of fused-ring (bicyclic) bond motifs is 1. The van der Waals surface area contributed by atoms with E-state index in [1.54, 1.807) is 16.8 Å². The van der Waals surface area contributed by atoms with Gasteiger partial charge in [-0.05, 0) is 24.6 Å². The lowest BCUT2D eigenvalue weighted by molar-refractivity contribution is -0.113. The van der Waals surface area contributed by atoms with E-state index in [2.05, 4.69) is 10.4 Å². The molecule has 1 atom stereocenters. The van der Waals surface area contributed by atoms with E-state index < -0.39 is 0 Å². The molecular weight excluding hydrogens is 310 g/mol. The summed E-state index contributed by atoms with van der Waals surface area (Å²) in [5, 5.41) is 17.1. The maximum Gasteiger partial charge on any atom is 0.235 e. The van der Waals surface area contributed by atoms with Crippen LogP contribution in [0.25, 0.3) is 0 Å². The van der Waals surface area contributed by atoms with Gasteiger partial charge in [0.15, 0.2) is 0 Å². The second-order valence-electron chi connectivity index (χ2n) is 4.92. The van der Waals surface area contributed by atoms with E-state index in [1.165, 1.54) is 11.8 Å². The number of benzene rings is 1. The smallest absolute Gasteiger partial charge is 0.235 e. The number of nitrogens with one attached hydrogen (secondary N) is 1. The molecule has 5 nitrogen and oxygen atoms in total. The van der Waals surface area contributed by atoms with Gasteiger partial charge in [-0.15, -0.1) is 11.8 Å². The van der Waals surface area contributed by atoms with Crippen LogP contribution in [0.3, 0.4) is 0 Å². The number of aromatic nitrogens is 2. The van der Waals surface area contributed by atoms with Crippen molar-refractivity contribution in [2.24, 2.45) is 7.05 Å². The fourth-order valence-electron chi connectivity index (χ4n) is 2.50. The summed E-state index contributed by atoms with van der Waals surface area (Å²) in [6, 6.07) is 5.13. The number of aryl methyl sites for hydroxylation is 2. The number of hydrogen-bond donors (Lipinski definition) is 2. The maximum absolute atomic E-state index is 11.9. The molecule has 0 spiro atoms. The average Bonchev–Trinajstić information content (AvgIpc) is 2.61. The molecule has 0 fully saturated rings. The molecule has 2 heterocycles. The Balaban J connectivity index is 2.14. The second-order valence-corrected chi connectivity index (χ2v) is 6.42. The zero-order valence-electron chi connectivity index (χ0n) is 11.6. The van der Waals surface area contributed by atoms with Crippen LogP contribution in [0, 0.1) is 6.92 Å². The van der Waals surface area contributed by atoms with Crippen LogP contribution in [0.5, 0.6) is 5.75 Å². The highest BCUT2D eigenvalue weighted by atomic mass is 35.5. The van der Waals surface area contributed by atoms with Crippen LogP contribution in [0.1, 0.15) is 22.1 Å². The molecule has 0 saturated carbocycles. The number of rotatable bonds is 1. The summed E-state index contributed by atoms with van der Waals surface area (Å²) >= 11 is 7.54. The minimum atomic E-state index is -0.0502. The lowest BCUT2D eigenvalue weighted by Gasteiger charge is -2.15. The Kier molecular flexibility index (Phi) is 3.59. The van der Waals surface area contributed by atoms with Gasteiger partial charge in [-0.2, -0.15) is 5.10 Å². The van der Waals surface area contributed by atoms with Crippen molar-refractivity contribution in [1.82, 2.24) is 9.78 Å². The number of halogens is 1. The summed E-state index contributed by atoms with van der Waals surface area (Å²) in [5.41, 5.74) is 2.79. The van der Waals surface area contributed by atoms with E-state index in [4.69, 9.17) is 11.6 Å². The Labute approximate surface area is 131 Å². The summed E-state index contributed by atoms with van der Waals surface area (Å²) in [6.07, 6.45) is 0. The van der Waals surface area contributed by atoms with Crippen molar-refractivity contribution in [3.8, 4) is 5.75 Å². The van der Waals surface area contributed by atoms with Gasteiger partial charge in [0, 0.05) is 12.6 Å². The third-order valence-electron chi connectivity index (χ3n) is 3.44. The van der Waals surface area contributed by atoms with E-state index in [0.29, 0.717) is 10.8 Å². The van der Waals surface area contributed by atoms with Gasteiger partial charge < -0.3 is 10.4 Å². The fraction of sp³-hybridized carbons (Fsp3) is 0.286. The molecule has 1 aliphatic heterocycles. The number of amides is 1. The Morgan fingerprint density at radius 1 is 1.52 bits per heavy atom. The third kappa shape index (κ3) is 2.49. The van der Waals surface area contributed by atoms with E-state index in [1.807, 2.05) is 20.0 Å². The van der Waals surface area contributed by atoms with Crippen LogP contribution in [0.4, 0.5) is 5.82 Å². The minimum absolute atomic E-state index is 0.0448. The highest BCUT2D eigenvalue weighted by molar-refractivity contribution is 8.00. The van der Waals surface area contributed by atoms with E-state index in [-0.39, 0.29) is 16.9 Å². The van der Waals surface area contributed by atoms with Gasteiger partial charge >= 0.3 is 0 Å². The largest absolute Gasteiger partial charge is 0.506 e. The SMILES string of the molecule is Cc1nn(C)c2c1C(c1ccc(O)c(Cl)c1)SCC(=O)N2. The van der Waals surface area contributed by atoms with Gasteiger partial charge in [-0.3, -0.25) is 9.48 Å². The van der Waals surface area contributed by atoms with Crippen molar-refractivity contribution < 1.29 is 9.90 Å². The number of phenolic OH excluding ortho intramolecular Hbond substituents is 1. The van der Waals surface area contributed by atoms with Crippen molar-refractivity contribution >= 4 is 35.1 Å². The van der Waals surface area contributed by atoms with E-state index >= 15 is 0 Å². The zero-order valence-corrected chi connectivity index (χ0v) is 13.1. The Hall–Kier alpha value is -1.66. The number of hydrogen-bond acceptors (Lipinski definition) is 4. The molecule has 1 amide bonds. The normalized spacial score (nSPS) is 18.0. The summed E-state index contributed by atoms with van der Waals surface area (Å²) in [5.74, 6) is 1.08. The molecule has 1 unspecified atom stereocenters. The summed E-state index contributed by atoms with van der Waals surface area (Å²) in [6.45, 7) is 1.92.